The summed E-state index contributed by atoms with van der Waals surface area (Å²) in [7, 11) is 0. The van der Waals surface area contributed by atoms with Gasteiger partial charge in [-0.05, 0) is 41.4 Å². The largest absolute Gasteiger partial charge is 0.306 e. The number of hydrogen-bond acceptors (Lipinski definition) is 1. The zero-order valence-corrected chi connectivity index (χ0v) is 16.2. The van der Waals surface area contributed by atoms with Gasteiger partial charge in [-0.15, -0.1) is 0 Å². The van der Waals surface area contributed by atoms with Crippen molar-refractivity contribution in [2.75, 3.05) is 0 Å². The first kappa shape index (κ1) is 16.9. The molecule has 2 fully saturated rings. The van der Waals surface area contributed by atoms with Gasteiger partial charge < -0.3 is 4.57 Å². The van der Waals surface area contributed by atoms with Gasteiger partial charge in [0, 0.05) is 10.8 Å². The summed E-state index contributed by atoms with van der Waals surface area (Å²) in [6, 6.07) is 0. The normalized spacial score (nSPS) is 39.9. The third-order valence-corrected chi connectivity index (χ3v) is 13.5. The number of rotatable bonds is 2. The molecule has 2 aliphatic rings. The van der Waals surface area contributed by atoms with Crippen LogP contribution in [0.4, 0.5) is 0 Å². The molecule has 0 saturated heterocycles. The van der Waals surface area contributed by atoms with Crippen LogP contribution in [0.15, 0.2) is 0 Å². The zero-order valence-electron chi connectivity index (χ0n) is 14.5. The highest BCUT2D eigenvalue weighted by Gasteiger charge is 2.68. The number of fused-ring (bicyclic) bond motifs is 2. The summed E-state index contributed by atoms with van der Waals surface area (Å²) >= 11 is 6.89. The Morgan fingerprint density at radius 1 is 1.10 bits per heavy atom. The topological polar surface area (TPSA) is 17.1 Å². The molecule has 0 aromatic rings. The Kier molecular flexibility index (Phi) is 3.62. The first-order valence-corrected chi connectivity index (χ1v) is 10.7. The van der Waals surface area contributed by atoms with E-state index in [9.17, 15) is 4.57 Å². The van der Waals surface area contributed by atoms with E-state index in [0.717, 1.165) is 6.42 Å². The molecule has 0 N–H and O–H groups in total. The second-order valence-corrected chi connectivity index (χ2v) is 13.9. The van der Waals surface area contributed by atoms with Crippen LogP contribution < -0.4 is 0 Å². The molecule has 0 aromatic heterocycles. The molecule has 118 valence electrons. The van der Waals surface area contributed by atoms with Crippen LogP contribution in [0, 0.1) is 22.2 Å². The fraction of sp³-hybridized carbons (Fsp3) is 1.00. The second kappa shape index (κ2) is 4.29. The van der Waals surface area contributed by atoms with Crippen molar-refractivity contribution < 1.29 is 4.57 Å². The van der Waals surface area contributed by atoms with E-state index in [1.807, 2.05) is 0 Å². The van der Waals surface area contributed by atoms with Gasteiger partial charge in [-0.3, -0.25) is 0 Å². The van der Waals surface area contributed by atoms with E-state index in [2.05, 4.69) is 55.4 Å². The van der Waals surface area contributed by atoms with E-state index in [4.69, 9.17) is 11.2 Å². The van der Waals surface area contributed by atoms with Gasteiger partial charge in [-0.1, -0.05) is 66.6 Å². The maximum Gasteiger partial charge on any atom is 0.178 e. The van der Waals surface area contributed by atoms with E-state index in [-0.39, 0.29) is 27.1 Å². The zero-order chi connectivity index (χ0) is 15.8. The maximum absolute atomic E-state index is 13.7. The Balaban J connectivity index is 2.46. The smallest absolute Gasteiger partial charge is 0.178 e. The van der Waals surface area contributed by atoms with Crippen molar-refractivity contribution in [1.82, 2.24) is 0 Å². The van der Waals surface area contributed by atoms with E-state index < -0.39 is 6.49 Å². The van der Waals surface area contributed by atoms with E-state index in [0.29, 0.717) is 5.92 Å². The van der Waals surface area contributed by atoms with Crippen LogP contribution in [0.1, 0.15) is 74.7 Å². The minimum Gasteiger partial charge on any atom is -0.306 e. The van der Waals surface area contributed by atoms with Gasteiger partial charge in [0.2, 0.25) is 0 Å². The summed E-state index contributed by atoms with van der Waals surface area (Å²) in [5, 5.41) is -0.338. The third kappa shape index (κ3) is 1.84. The van der Waals surface area contributed by atoms with Gasteiger partial charge in [0.15, 0.2) is 6.49 Å². The molecule has 0 aliphatic heterocycles. The Hall–Kier alpha value is 0.520. The average molecular weight is 319 g/mol. The number of hydrogen-bond donors (Lipinski definition) is 0. The Labute approximate surface area is 130 Å². The molecule has 0 heterocycles. The van der Waals surface area contributed by atoms with Gasteiger partial charge in [0.05, 0.1) is 0 Å². The average Bonchev–Trinajstić information content (AvgIpc) is 2.58. The Morgan fingerprint density at radius 3 is 1.90 bits per heavy atom. The van der Waals surface area contributed by atoms with Crippen molar-refractivity contribution >= 4 is 17.7 Å². The molecule has 1 nitrogen and oxygen atoms in total. The van der Waals surface area contributed by atoms with Gasteiger partial charge in [0.1, 0.15) is 0 Å². The van der Waals surface area contributed by atoms with Gasteiger partial charge >= 0.3 is 0 Å². The lowest BCUT2D eigenvalue weighted by molar-refractivity contribution is 0.152. The Morgan fingerprint density at radius 2 is 1.60 bits per heavy atom. The predicted octanol–water partition coefficient (Wildman–Crippen LogP) is 6.54. The standard InChI is InChI=1S/C17H32ClOP/c1-14(2,3)16(6,7)20(18,19)13-11-12-9-10-17(13,8)15(12,4)5/h12-13H,9-11H2,1-8H3/t12-,13+,17+,20+/m0/s1. The molecule has 2 saturated carbocycles. The van der Waals surface area contributed by atoms with Crippen molar-refractivity contribution in [3.05, 3.63) is 0 Å². The molecule has 0 aromatic carbocycles. The minimum atomic E-state index is -2.78. The SMILES string of the molecule is CC(C)(C)C(C)(C)[P@@](=O)(Cl)[C@@H]1C[C@@H]2CC[C@@]1(C)C2(C)C. The molecule has 2 aliphatic carbocycles. The quantitative estimate of drug-likeness (QED) is 0.528. The van der Waals surface area contributed by atoms with Gasteiger partial charge in [0.25, 0.3) is 0 Å². The molecule has 4 atom stereocenters. The van der Waals surface area contributed by atoms with Crippen LogP contribution in [0.5, 0.6) is 0 Å². The highest BCUT2D eigenvalue weighted by molar-refractivity contribution is 7.91. The van der Waals surface area contributed by atoms with E-state index in [1.54, 1.807) is 0 Å². The van der Waals surface area contributed by atoms with Crippen molar-refractivity contribution in [3.63, 3.8) is 0 Å². The lowest BCUT2D eigenvalue weighted by atomic mass is 9.71. The van der Waals surface area contributed by atoms with Crippen LogP contribution in [0.3, 0.4) is 0 Å². The van der Waals surface area contributed by atoms with Crippen molar-refractivity contribution in [2.24, 2.45) is 22.2 Å². The molecule has 0 amide bonds. The van der Waals surface area contributed by atoms with E-state index >= 15 is 0 Å². The second-order valence-electron chi connectivity index (χ2n) is 9.51. The van der Waals surface area contributed by atoms with Crippen molar-refractivity contribution in [2.45, 2.75) is 85.5 Å². The summed E-state index contributed by atoms with van der Waals surface area (Å²) in [6.07, 6.45) is 3.53. The number of halogens is 1. The van der Waals surface area contributed by atoms with Crippen LogP contribution >= 0.6 is 17.7 Å². The van der Waals surface area contributed by atoms with E-state index in [1.165, 1.54) is 12.8 Å². The minimum absolute atomic E-state index is 0.0490. The van der Waals surface area contributed by atoms with Crippen LogP contribution in [-0.4, -0.2) is 10.8 Å². The van der Waals surface area contributed by atoms with Crippen molar-refractivity contribution in [3.8, 4) is 0 Å². The molecule has 20 heavy (non-hydrogen) atoms. The summed E-state index contributed by atoms with van der Waals surface area (Å²) in [5.41, 5.74) is 0.542. The van der Waals surface area contributed by atoms with Gasteiger partial charge in [-0.25, -0.2) is 0 Å². The lowest BCUT2D eigenvalue weighted by Crippen LogP contribution is -2.43. The molecule has 0 spiro atoms. The first-order valence-electron chi connectivity index (χ1n) is 7.99. The van der Waals surface area contributed by atoms with Crippen LogP contribution in [0.2, 0.25) is 0 Å². The van der Waals surface area contributed by atoms with Crippen LogP contribution in [0.25, 0.3) is 0 Å². The predicted molar refractivity (Wildman–Crippen MR) is 90.0 cm³/mol. The molecule has 2 bridgehead atoms. The monoisotopic (exact) mass is 318 g/mol. The molecule has 3 heteroatoms. The fourth-order valence-corrected chi connectivity index (χ4v) is 9.57. The molecule has 2 rings (SSSR count). The highest BCUT2D eigenvalue weighted by Crippen LogP contribution is 2.82. The van der Waals surface area contributed by atoms with Gasteiger partial charge in [-0.2, -0.15) is 0 Å². The fourth-order valence-electron chi connectivity index (χ4n) is 4.51. The summed E-state index contributed by atoms with van der Waals surface area (Å²) in [4.78, 5) is 0. The molecular formula is C17H32ClOP. The summed E-state index contributed by atoms with van der Waals surface area (Å²) in [5.74, 6) is 0.695. The molecule has 0 radical (unpaired) electrons. The first-order chi connectivity index (χ1) is 8.69. The Bertz CT molecular complexity index is 460. The summed E-state index contributed by atoms with van der Waals surface area (Å²) in [6.45, 7) is 15.0. The summed E-state index contributed by atoms with van der Waals surface area (Å²) < 4.78 is 13.7. The molecular weight excluding hydrogens is 287 g/mol. The lowest BCUT2D eigenvalue weighted by Gasteiger charge is -2.49. The molecule has 0 unspecified atom stereocenters. The third-order valence-electron chi connectivity index (χ3n) is 7.75. The van der Waals surface area contributed by atoms with Crippen molar-refractivity contribution in [1.29, 1.82) is 0 Å². The highest BCUT2D eigenvalue weighted by atomic mass is 35.7. The van der Waals surface area contributed by atoms with Crippen LogP contribution in [-0.2, 0) is 4.57 Å². The maximum atomic E-state index is 13.7.